The van der Waals surface area contributed by atoms with Crippen LogP contribution in [0.5, 0.6) is 5.75 Å². The zero-order valence-corrected chi connectivity index (χ0v) is 21.7. The van der Waals surface area contributed by atoms with Gasteiger partial charge in [-0.1, -0.05) is 12.1 Å². The van der Waals surface area contributed by atoms with Gasteiger partial charge in [-0.15, -0.1) is 0 Å². The Morgan fingerprint density at radius 1 is 0.949 bits per heavy atom. The number of nitriles is 1. The number of halogens is 2. The van der Waals surface area contributed by atoms with E-state index in [1.165, 1.54) is 41.3 Å². The van der Waals surface area contributed by atoms with Crippen LogP contribution in [0, 0.1) is 34.3 Å². The Bertz CT molecular complexity index is 1280. The van der Waals surface area contributed by atoms with Crippen LogP contribution in [-0.4, -0.2) is 71.9 Å². The summed E-state index contributed by atoms with van der Waals surface area (Å²) in [6, 6.07) is 12.9. The molecule has 8 nitrogen and oxygen atoms in total. The van der Waals surface area contributed by atoms with Crippen molar-refractivity contribution in [1.82, 2.24) is 14.7 Å². The van der Waals surface area contributed by atoms with E-state index in [9.17, 15) is 28.4 Å². The third-order valence-electron chi connectivity index (χ3n) is 8.21. The Balaban J connectivity index is 1.27. The zero-order valence-electron chi connectivity index (χ0n) is 21.7. The minimum atomic E-state index is -0.867. The normalized spacial score (nSPS) is 22.2. The summed E-state index contributed by atoms with van der Waals surface area (Å²) in [4.78, 5) is 44.1. The standard InChI is InChI=1S/C29H30F2N4O4/c1-33(28(38)39-23-8-6-22(31)7-9-23)25-17-35(16-24(25)19-2-4-21(30)5-3-19)26(36)20-10-14-34(15-11-20)27(37)29(18-32)12-13-29/h2-9,20,24-25H,10-17H2,1H3. The van der Waals surface area contributed by atoms with Crippen molar-refractivity contribution >= 4 is 17.9 Å². The van der Waals surface area contributed by atoms with E-state index in [4.69, 9.17) is 4.74 Å². The number of rotatable bonds is 5. The van der Waals surface area contributed by atoms with Gasteiger partial charge < -0.3 is 19.4 Å². The van der Waals surface area contributed by atoms with Crippen LogP contribution < -0.4 is 4.74 Å². The molecular formula is C29H30F2N4O4. The molecule has 204 valence electrons. The predicted molar refractivity (Wildman–Crippen MR) is 136 cm³/mol. The van der Waals surface area contributed by atoms with Gasteiger partial charge in [-0.2, -0.15) is 5.26 Å². The van der Waals surface area contributed by atoms with Gasteiger partial charge in [-0.3, -0.25) is 9.59 Å². The smallest absolute Gasteiger partial charge is 0.410 e. The molecule has 0 radical (unpaired) electrons. The van der Waals surface area contributed by atoms with Gasteiger partial charge in [0.15, 0.2) is 0 Å². The van der Waals surface area contributed by atoms with Gasteiger partial charge in [0.05, 0.1) is 12.1 Å². The molecule has 2 atom stereocenters. The number of carbonyl (C=O) groups is 3. The number of piperidine rings is 1. The molecule has 3 aliphatic rings. The summed E-state index contributed by atoms with van der Waals surface area (Å²) < 4.78 is 32.3. The van der Waals surface area contributed by atoms with Gasteiger partial charge in [0.1, 0.15) is 22.8 Å². The van der Waals surface area contributed by atoms with Crippen molar-refractivity contribution in [3.05, 3.63) is 65.7 Å². The minimum Gasteiger partial charge on any atom is -0.410 e. The van der Waals surface area contributed by atoms with Crippen molar-refractivity contribution in [2.45, 2.75) is 37.6 Å². The molecule has 3 amide bonds. The van der Waals surface area contributed by atoms with E-state index in [2.05, 4.69) is 6.07 Å². The summed E-state index contributed by atoms with van der Waals surface area (Å²) in [5.74, 6) is -1.34. The van der Waals surface area contributed by atoms with E-state index in [0.717, 1.165) is 5.56 Å². The first kappa shape index (κ1) is 26.6. The summed E-state index contributed by atoms with van der Waals surface area (Å²) in [6.07, 6.45) is 1.57. The summed E-state index contributed by atoms with van der Waals surface area (Å²) in [7, 11) is 1.59. The molecule has 0 N–H and O–H groups in total. The molecule has 10 heteroatoms. The number of hydrogen-bond donors (Lipinski definition) is 0. The van der Waals surface area contributed by atoms with E-state index < -0.39 is 23.4 Å². The summed E-state index contributed by atoms with van der Waals surface area (Å²) in [5.41, 5.74) is -0.0705. The van der Waals surface area contributed by atoms with Crippen molar-refractivity contribution in [2.75, 3.05) is 33.2 Å². The lowest BCUT2D eigenvalue weighted by atomic mass is 9.93. The second kappa shape index (κ2) is 10.6. The summed E-state index contributed by atoms with van der Waals surface area (Å²) in [5, 5.41) is 9.35. The number of likely N-dealkylation sites (N-methyl/N-ethyl adjacent to an activating group) is 1. The lowest BCUT2D eigenvalue weighted by molar-refractivity contribution is -0.141. The lowest BCUT2D eigenvalue weighted by Gasteiger charge is -2.34. The highest BCUT2D eigenvalue weighted by Gasteiger charge is 2.53. The van der Waals surface area contributed by atoms with Gasteiger partial charge in [0.2, 0.25) is 11.8 Å². The number of amides is 3. The lowest BCUT2D eigenvalue weighted by Crippen LogP contribution is -2.47. The quantitative estimate of drug-likeness (QED) is 0.577. The SMILES string of the molecule is CN(C(=O)Oc1ccc(F)cc1)C1CN(C(=O)C2CCN(C(=O)C3(C#N)CC3)CC2)CC1c1ccc(F)cc1. The highest BCUT2D eigenvalue weighted by Crippen LogP contribution is 2.47. The van der Waals surface area contributed by atoms with Crippen LogP contribution >= 0.6 is 0 Å². The second-order valence-electron chi connectivity index (χ2n) is 10.7. The van der Waals surface area contributed by atoms with Crippen molar-refractivity contribution in [2.24, 2.45) is 11.3 Å². The van der Waals surface area contributed by atoms with Crippen molar-refractivity contribution < 1.29 is 27.9 Å². The molecule has 5 rings (SSSR count). The van der Waals surface area contributed by atoms with Crippen LogP contribution in [-0.2, 0) is 9.59 Å². The molecule has 0 spiro atoms. The Morgan fingerprint density at radius 3 is 2.10 bits per heavy atom. The van der Waals surface area contributed by atoms with E-state index in [1.54, 1.807) is 29.0 Å². The fraction of sp³-hybridized carbons (Fsp3) is 0.448. The summed E-state index contributed by atoms with van der Waals surface area (Å²) >= 11 is 0. The Morgan fingerprint density at radius 2 is 1.54 bits per heavy atom. The first-order chi connectivity index (χ1) is 18.7. The van der Waals surface area contributed by atoms with E-state index >= 15 is 0 Å². The number of likely N-dealkylation sites (tertiary alicyclic amines) is 2. The van der Waals surface area contributed by atoms with Gasteiger partial charge in [0, 0.05) is 45.1 Å². The molecular weight excluding hydrogens is 506 g/mol. The maximum Gasteiger partial charge on any atom is 0.415 e. The molecule has 0 bridgehead atoms. The molecule has 2 aliphatic heterocycles. The van der Waals surface area contributed by atoms with E-state index in [0.29, 0.717) is 45.3 Å². The highest BCUT2D eigenvalue weighted by atomic mass is 19.1. The van der Waals surface area contributed by atoms with E-state index in [-0.39, 0.29) is 41.8 Å². The van der Waals surface area contributed by atoms with Crippen LogP contribution in [0.2, 0.25) is 0 Å². The molecule has 2 heterocycles. The molecule has 2 saturated heterocycles. The first-order valence-electron chi connectivity index (χ1n) is 13.2. The van der Waals surface area contributed by atoms with Gasteiger partial charge in [0.25, 0.3) is 0 Å². The van der Waals surface area contributed by atoms with Crippen LogP contribution in [0.4, 0.5) is 13.6 Å². The fourth-order valence-corrected chi connectivity index (χ4v) is 5.60. The second-order valence-corrected chi connectivity index (χ2v) is 10.7. The van der Waals surface area contributed by atoms with Gasteiger partial charge in [-0.05, 0) is 67.6 Å². The third kappa shape index (κ3) is 5.44. The minimum absolute atomic E-state index is 0.0431. The van der Waals surface area contributed by atoms with Crippen LogP contribution in [0.3, 0.4) is 0 Å². The average molecular weight is 537 g/mol. The third-order valence-corrected chi connectivity index (χ3v) is 8.21. The van der Waals surface area contributed by atoms with Gasteiger partial charge in [-0.25, -0.2) is 13.6 Å². The topological polar surface area (TPSA) is 93.9 Å². The molecule has 39 heavy (non-hydrogen) atoms. The Hall–Kier alpha value is -4.00. The fourth-order valence-electron chi connectivity index (χ4n) is 5.60. The highest BCUT2D eigenvalue weighted by molar-refractivity contribution is 5.88. The molecule has 2 unspecified atom stereocenters. The number of benzene rings is 2. The van der Waals surface area contributed by atoms with Crippen molar-refractivity contribution in [3.8, 4) is 11.8 Å². The Labute approximate surface area is 225 Å². The maximum absolute atomic E-state index is 13.6. The molecule has 1 saturated carbocycles. The average Bonchev–Trinajstić information content (AvgIpc) is 3.64. The van der Waals surface area contributed by atoms with Crippen LogP contribution in [0.1, 0.15) is 37.2 Å². The van der Waals surface area contributed by atoms with Crippen LogP contribution in [0.25, 0.3) is 0 Å². The zero-order chi connectivity index (χ0) is 27.7. The monoisotopic (exact) mass is 536 g/mol. The molecule has 1 aliphatic carbocycles. The van der Waals surface area contributed by atoms with Crippen LogP contribution in [0.15, 0.2) is 48.5 Å². The molecule has 0 aromatic heterocycles. The molecule has 3 fully saturated rings. The van der Waals surface area contributed by atoms with Crippen molar-refractivity contribution in [3.63, 3.8) is 0 Å². The molecule has 2 aromatic rings. The first-order valence-corrected chi connectivity index (χ1v) is 13.2. The van der Waals surface area contributed by atoms with Gasteiger partial charge >= 0.3 is 6.09 Å². The van der Waals surface area contributed by atoms with E-state index in [1.807, 2.05) is 0 Å². The number of nitrogens with zero attached hydrogens (tertiary/aromatic N) is 4. The summed E-state index contributed by atoms with van der Waals surface area (Å²) in [6.45, 7) is 1.48. The number of ether oxygens (including phenoxy) is 1. The molecule has 2 aromatic carbocycles. The largest absolute Gasteiger partial charge is 0.415 e. The number of hydrogen-bond acceptors (Lipinski definition) is 5. The Kier molecular flexibility index (Phi) is 7.25. The maximum atomic E-state index is 13.6. The predicted octanol–water partition coefficient (Wildman–Crippen LogP) is 3.93. The van der Waals surface area contributed by atoms with Crippen molar-refractivity contribution in [1.29, 1.82) is 5.26 Å². The number of carbonyl (C=O) groups excluding carboxylic acids is 3.